The van der Waals surface area contributed by atoms with Crippen LogP contribution in [0.1, 0.15) is 86.5 Å². The van der Waals surface area contributed by atoms with E-state index in [1.807, 2.05) is 0 Å². The number of carbonyl (C=O) groups excluding carboxylic acids is 1. The third kappa shape index (κ3) is 3.25. The maximum absolute atomic E-state index is 12.8. The molecular weight excluding hydrogens is 372 g/mol. The Balaban J connectivity index is 1.56. The molecule has 0 aromatic heterocycles. The van der Waals surface area contributed by atoms with Crippen LogP contribution in [0.15, 0.2) is 11.6 Å². The van der Waals surface area contributed by atoms with Crippen molar-refractivity contribution in [3.63, 3.8) is 0 Å². The molecule has 3 saturated carbocycles. The number of hydrogen-bond acceptors (Lipinski definition) is 2. The molecule has 0 aromatic carbocycles. The average molecular weight is 417 g/mol. The number of allylic oxidation sites excluding steroid dienone is 1. The smallest absolute Gasteiger partial charge is 0.192 e. The highest BCUT2D eigenvalue weighted by Crippen LogP contribution is 2.65. The van der Waals surface area contributed by atoms with Crippen LogP contribution in [0, 0.1) is 34.5 Å². The highest BCUT2D eigenvalue weighted by molar-refractivity contribution is 6.74. The molecule has 0 N–H and O–H groups in total. The molecule has 2 nitrogen and oxygen atoms in total. The van der Waals surface area contributed by atoms with Crippen molar-refractivity contribution in [2.45, 2.75) is 111 Å². The van der Waals surface area contributed by atoms with Crippen molar-refractivity contribution in [1.29, 1.82) is 0 Å². The Kier molecular flexibility index (Phi) is 5.11. The van der Waals surface area contributed by atoms with Crippen LogP contribution >= 0.6 is 0 Å². The van der Waals surface area contributed by atoms with Gasteiger partial charge in [-0.3, -0.25) is 4.79 Å². The summed E-state index contributed by atoms with van der Waals surface area (Å²) in [6.07, 6.45) is 11.0. The lowest BCUT2D eigenvalue weighted by Crippen LogP contribution is -2.52. The number of carbonyl (C=O) groups is 1. The van der Waals surface area contributed by atoms with E-state index in [2.05, 4.69) is 60.7 Å². The van der Waals surface area contributed by atoms with Gasteiger partial charge in [-0.1, -0.05) is 53.2 Å². The zero-order valence-electron chi connectivity index (χ0n) is 20.2. The first-order chi connectivity index (χ1) is 13.3. The van der Waals surface area contributed by atoms with E-state index in [4.69, 9.17) is 4.43 Å². The van der Waals surface area contributed by atoms with E-state index >= 15 is 0 Å². The van der Waals surface area contributed by atoms with Crippen molar-refractivity contribution in [2.75, 3.05) is 0 Å². The van der Waals surface area contributed by atoms with E-state index in [1.165, 1.54) is 25.7 Å². The molecule has 4 rings (SSSR count). The molecule has 0 heterocycles. The number of rotatable bonds is 2. The second-order valence-electron chi connectivity index (χ2n) is 13.0. The number of ketones is 1. The molecule has 0 saturated heterocycles. The molecule has 4 aliphatic carbocycles. The van der Waals surface area contributed by atoms with Gasteiger partial charge in [-0.2, -0.15) is 0 Å². The Morgan fingerprint density at radius 3 is 2.38 bits per heavy atom. The van der Waals surface area contributed by atoms with E-state index in [0.29, 0.717) is 35.1 Å². The van der Waals surface area contributed by atoms with Crippen molar-refractivity contribution in [1.82, 2.24) is 0 Å². The van der Waals surface area contributed by atoms with Gasteiger partial charge in [0.05, 0.1) is 0 Å². The molecule has 0 amide bonds. The molecule has 0 unspecified atom stereocenters. The Hall–Kier alpha value is -0.413. The lowest BCUT2D eigenvalue weighted by Gasteiger charge is -2.58. The second-order valence-corrected chi connectivity index (χ2v) is 17.7. The standard InChI is InChI=1S/C26H44O2Si/c1-17-15-22(27)26(6)14-12-21-20(23(17)26)10-9-18-16-19(11-13-25(18,21)5)28-29(7,8)24(2,3)4/h9,17,19-21,23H,10-16H2,1-8H3/t17-,19+,20-,21+,23+,25+,26-/m1/s1. The lowest BCUT2D eigenvalue weighted by molar-refractivity contribution is -0.132. The molecule has 0 aliphatic heterocycles. The number of hydrogen-bond donors (Lipinski definition) is 0. The third-order valence-electron chi connectivity index (χ3n) is 10.3. The predicted octanol–water partition coefficient (Wildman–Crippen LogP) is 7.15. The van der Waals surface area contributed by atoms with Crippen LogP contribution in [0.4, 0.5) is 0 Å². The summed E-state index contributed by atoms with van der Waals surface area (Å²) < 4.78 is 6.84. The summed E-state index contributed by atoms with van der Waals surface area (Å²) in [6.45, 7) is 19.0. The van der Waals surface area contributed by atoms with Gasteiger partial charge < -0.3 is 4.43 Å². The van der Waals surface area contributed by atoms with Crippen LogP contribution in [0.2, 0.25) is 18.1 Å². The summed E-state index contributed by atoms with van der Waals surface area (Å²) in [5.74, 6) is 3.20. The minimum atomic E-state index is -1.72. The lowest BCUT2D eigenvalue weighted by atomic mass is 9.47. The average Bonchev–Trinajstić information content (AvgIpc) is 2.83. The Labute approximate surface area is 180 Å². The van der Waals surface area contributed by atoms with E-state index < -0.39 is 8.32 Å². The Morgan fingerprint density at radius 1 is 1.07 bits per heavy atom. The summed E-state index contributed by atoms with van der Waals surface area (Å²) >= 11 is 0. The van der Waals surface area contributed by atoms with E-state index in [0.717, 1.165) is 25.2 Å². The maximum Gasteiger partial charge on any atom is 0.192 e. The van der Waals surface area contributed by atoms with Crippen LogP contribution in [0.25, 0.3) is 0 Å². The highest BCUT2D eigenvalue weighted by Gasteiger charge is 2.60. The molecule has 7 atom stereocenters. The van der Waals surface area contributed by atoms with Crippen LogP contribution in [0.3, 0.4) is 0 Å². The molecule has 0 bridgehead atoms. The fraction of sp³-hybridized carbons (Fsp3) is 0.885. The zero-order chi connectivity index (χ0) is 21.4. The summed E-state index contributed by atoms with van der Waals surface area (Å²) in [5, 5.41) is 0.277. The number of Topliss-reactive ketones (excluding diaryl/α,β-unsaturated/α-hetero) is 1. The van der Waals surface area contributed by atoms with E-state index in [1.54, 1.807) is 5.57 Å². The first-order valence-electron chi connectivity index (χ1n) is 12.2. The maximum atomic E-state index is 12.8. The summed E-state index contributed by atoms with van der Waals surface area (Å²) in [4.78, 5) is 12.8. The normalized spacial score (nSPS) is 45.3. The topological polar surface area (TPSA) is 26.3 Å². The van der Waals surface area contributed by atoms with Crippen molar-refractivity contribution in [3.05, 3.63) is 11.6 Å². The summed E-state index contributed by atoms with van der Waals surface area (Å²) in [7, 11) is -1.72. The fourth-order valence-electron chi connectivity index (χ4n) is 7.60. The van der Waals surface area contributed by atoms with Gasteiger partial charge in [0.25, 0.3) is 0 Å². The first kappa shape index (κ1) is 21.8. The van der Waals surface area contributed by atoms with E-state index in [-0.39, 0.29) is 10.5 Å². The van der Waals surface area contributed by atoms with Gasteiger partial charge in [0, 0.05) is 17.9 Å². The van der Waals surface area contributed by atoms with Crippen molar-refractivity contribution in [3.8, 4) is 0 Å². The predicted molar refractivity (Wildman–Crippen MR) is 123 cm³/mol. The van der Waals surface area contributed by atoms with Gasteiger partial charge in [0.2, 0.25) is 0 Å². The van der Waals surface area contributed by atoms with Gasteiger partial charge in [-0.05, 0) is 85.7 Å². The van der Waals surface area contributed by atoms with E-state index in [9.17, 15) is 4.79 Å². The zero-order valence-corrected chi connectivity index (χ0v) is 21.2. The molecule has 0 spiro atoms. The first-order valence-corrected chi connectivity index (χ1v) is 15.1. The van der Waals surface area contributed by atoms with Gasteiger partial charge in [-0.15, -0.1) is 0 Å². The molecule has 0 aromatic rings. The monoisotopic (exact) mass is 416 g/mol. The van der Waals surface area contributed by atoms with Gasteiger partial charge in [0.1, 0.15) is 5.78 Å². The molecule has 164 valence electrons. The van der Waals surface area contributed by atoms with Gasteiger partial charge in [0.15, 0.2) is 8.32 Å². The molecule has 4 aliphatic rings. The molecule has 0 radical (unpaired) electrons. The van der Waals surface area contributed by atoms with Crippen molar-refractivity contribution >= 4 is 14.1 Å². The Morgan fingerprint density at radius 2 is 1.72 bits per heavy atom. The van der Waals surface area contributed by atoms with Crippen LogP contribution in [-0.2, 0) is 9.22 Å². The minimum Gasteiger partial charge on any atom is -0.414 e. The molecule has 3 heteroatoms. The third-order valence-corrected chi connectivity index (χ3v) is 14.9. The van der Waals surface area contributed by atoms with Gasteiger partial charge >= 0.3 is 0 Å². The largest absolute Gasteiger partial charge is 0.414 e. The second kappa shape index (κ2) is 6.79. The van der Waals surface area contributed by atoms with Crippen LogP contribution < -0.4 is 0 Å². The van der Waals surface area contributed by atoms with Gasteiger partial charge in [-0.25, -0.2) is 0 Å². The molecule has 3 fully saturated rings. The van der Waals surface area contributed by atoms with Crippen molar-refractivity contribution in [2.24, 2.45) is 34.5 Å². The molecular formula is C26H44O2Si. The van der Waals surface area contributed by atoms with Crippen molar-refractivity contribution < 1.29 is 9.22 Å². The molecule has 29 heavy (non-hydrogen) atoms. The minimum absolute atomic E-state index is 0.0368. The highest BCUT2D eigenvalue weighted by atomic mass is 28.4. The number of fused-ring (bicyclic) bond motifs is 5. The Bertz CT molecular complexity index is 717. The summed E-state index contributed by atoms with van der Waals surface area (Å²) in [6, 6.07) is 0. The quantitative estimate of drug-likeness (QED) is 0.353. The fourth-order valence-corrected chi connectivity index (χ4v) is 8.99. The van der Waals surface area contributed by atoms with Crippen LogP contribution in [-0.4, -0.2) is 20.2 Å². The van der Waals surface area contributed by atoms with Crippen LogP contribution in [0.5, 0.6) is 0 Å². The SMILES string of the molecule is C[C@@H]1CC(=O)[C@@]2(C)CC[C@H]3[C@@H](CC=C4C[C@@H](O[Si](C)(C)C(C)(C)C)CC[C@@]43C)[C@H]12. The summed E-state index contributed by atoms with van der Waals surface area (Å²) in [5.41, 5.74) is 1.99.